The maximum absolute atomic E-state index is 12.4. The van der Waals surface area contributed by atoms with Crippen LogP contribution in [0.3, 0.4) is 0 Å². The zero-order valence-electron chi connectivity index (χ0n) is 10.5. The van der Waals surface area contributed by atoms with E-state index >= 15 is 0 Å². The molecule has 0 saturated heterocycles. The fourth-order valence-corrected chi connectivity index (χ4v) is 2.48. The summed E-state index contributed by atoms with van der Waals surface area (Å²) in [7, 11) is 0. The maximum atomic E-state index is 12.4. The maximum Gasteiger partial charge on any atom is 0.445 e. The average Bonchev–Trinajstić information content (AvgIpc) is 2.79. The molecule has 8 heteroatoms. The summed E-state index contributed by atoms with van der Waals surface area (Å²) in [4.78, 5) is 0. The molecule has 108 valence electrons. The molecule has 0 aliphatic rings. The monoisotopic (exact) mass is 366 g/mol. The second kappa shape index (κ2) is 5.69. The van der Waals surface area contributed by atoms with Crippen molar-refractivity contribution in [2.75, 3.05) is 0 Å². The van der Waals surface area contributed by atoms with Gasteiger partial charge in [-0.25, -0.2) is 0 Å². The molecule has 0 radical (unpaired) electrons. The minimum absolute atomic E-state index is 0.124. The third-order valence-electron chi connectivity index (χ3n) is 2.44. The Hall–Kier alpha value is -1.15. The topological polar surface area (TPSA) is 35.0 Å². The molecule has 1 heterocycles. The highest BCUT2D eigenvalue weighted by Gasteiger charge is 2.36. The first-order valence-corrected chi connectivity index (χ1v) is 7.26. The Morgan fingerprint density at radius 2 is 1.95 bits per heavy atom. The lowest BCUT2D eigenvalue weighted by Gasteiger charge is -2.12. The summed E-state index contributed by atoms with van der Waals surface area (Å²) < 4.78 is 43.6. The molecule has 1 aromatic heterocycles. The standard InChI is InChI=1S/C12H10BrF3N2OS/c1-6(2)8-5-7(13)3-4-9(8)19-11-18-17-10(20-11)12(14,15)16/h3-6H,1-2H3. The van der Waals surface area contributed by atoms with E-state index in [2.05, 4.69) is 26.1 Å². The molecule has 1 aromatic carbocycles. The van der Waals surface area contributed by atoms with Crippen molar-refractivity contribution in [1.82, 2.24) is 10.2 Å². The summed E-state index contributed by atoms with van der Waals surface area (Å²) in [5, 5.41) is 5.36. The third kappa shape index (κ3) is 3.49. The molecule has 0 fully saturated rings. The Morgan fingerprint density at radius 3 is 2.50 bits per heavy atom. The molecule has 0 unspecified atom stereocenters. The lowest BCUT2D eigenvalue weighted by Crippen LogP contribution is -2.03. The van der Waals surface area contributed by atoms with E-state index in [4.69, 9.17) is 4.74 Å². The van der Waals surface area contributed by atoms with E-state index in [1.54, 1.807) is 12.1 Å². The van der Waals surface area contributed by atoms with Crippen molar-refractivity contribution in [2.45, 2.75) is 25.9 Å². The molecule has 0 atom stereocenters. The lowest BCUT2D eigenvalue weighted by atomic mass is 10.0. The van der Waals surface area contributed by atoms with Gasteiger partial charge in [-0.2, -0.15) is 13.2 Å². The second-order valence-electron chi connectivity index (χ2n) is 4.31. The van der Waals surface area contributed by atoms with Gasteiger partial charge in [-0.15, -0.1) is 5.10 Å². The second-order valence-corrected chi connectivity index (χ2v) is 6.17. The molecule has 3 nitrogen and oxygen atoms in total. The Balaban J connectivity index is 2.28. The number of benzene rings is 1. The van der Waals surface area contributed by atoms with Gasteiger partial charge in [0.2, 0.25) is 5.01 Å². The number of aromatic nitrogens is 2. The Kier molecular flexibility index (Phi) is 4.33. The first-order valence-electron chi connectivity index (χ1n) is 5.65. The van der Waals surface area contributed by atoms with E-state index in [1.807, 2.05) is 19.9 Å². The molecule has 0 amide bonds. The van der Waals surface area contributed by atoms with Crippen LogP contribution in [0, 0.1) is 0 Å². The fourth-order valence-electron chi connectivity index (χ4n) is 1.52. The lowest BCUT2D eigenvalue weighted by molar-refractivity contribution is -0.138. The van der Waals surface area contributed by atoms with E-state index in [0.29, 0.717) is 17.1 Å². The largest absolute Gasteiger partial charge is 0.445 e. The average molecular weight is 367 g/mol. The minimum atomic E-state index is -4.50. The van der Waals surface area contributed by atoms with Crippen molar-refractivity contribution in [1.29, 1.82) is 0 Å². The van der Waals surface area contributed by atoms with Crippen LogP contribution in [0.25, 0.3) is 0 Å². The van der Waals surface area contributed by atoms with Crippen LogP contribution in [0.15, 0.2) is 22.7 Å². The summed E-state index contributed by atoms with van der Waals surface area (Å²) in [5.41, 5.74) is 0.878. The number of hydrogen-bond donors (Lipinski definition) is 0. The van der Waals surface area contributed by atoms with Crippen molar-refractivity contribution in [3.05, 3.63) is 33.2 Å². The van der Waals surface area contributed by atoms with Gasteiger partial charge < -0.3 is 4.74 Å². The van der Waals surface area contributed by atoms with Gasteiger partial charge in [0.1, 0.15) is 5.75 Å². The quantitative estimate of drug-likeness (QED) is 0.745. The van der Waals surface area contributed by atoms with Crippen LogP contribution in [-0.4, -0.2) is 10.2 Å². The van der Waals surface area contributed by atoms with Crippen LogP contribution in [0.4, 0.5) is 13.2 Å². The van der Waals surface area contributed by atoms with Gasteiger partial charge in [0.25, 0.3) is 5.19 Å². The van der Waals surface area contributed by atoms with Crippen LogP contribution in [0.5, 0.6) is 10.9 Å². The first-order chi connectivity index (χ1) is 9.27. The van der Waals surface area contributed by atoms with Crippen molar-refractivity contribution in [2.24, 2.45) is 0 Å². The normalized spacial score (nSPS) is 11.9. The SMILES string of the molecule is CC(C)c1cc(Br)ccc1Oc1nnc(C(F)(F)F)s1. The molecule has 0 aliphatic heterocycles. The summed E-state index contributed by atoms with van der Waals surface area (Å²) in [6.07, 6.45) is -4.50. The molecule has 0 spiro atoms. The van der Waals surface area contributed by atoms with Gasteiger partial charge in [-0.1, -0.05) is 46.2 Å². The molecular formula is C12H10BrF3N2OS. The van der Waals surface area contributed by atoms with Crippen molar-refractivity contribution in [3.63, 3.8) is 0 Å². The number of ether oxygens (including phenoxy) is 1. The molecular weight excluding hydrogens is 357 g/mol. The summed E-state index contributed by atoms with van der Waals surface area (Å²) >= 11 is 3.73. The number of alkyl halides is 3. The van der Waals surface area contributed by atoms with E-state index in [0.717, 1.165) is 10.0 Å². The minimum Gasteiger partial charge on any atom is -0.429 e. The van der Waals surface area contributed by atoms with Crippen LogP contribution >= 0.6 is 27.3 Å². The molecule has 2 aromatic rings. The van der Waals surface area contributed by atoms with Gasteiger partial charge in [0, 0.05) is 4.47 Å². The number of nitrogens with zero attached hydrogens (tertiary/aromatic N) is 2. The smallest absolute Gasteiger partial charge is 0.429 e. The molecule has 2 rings (SSSR count). The highest BCUT2D eigenvalue weighted by Crippen LogP contribution is 2.37. The predicted molar refractivity (Wildman–Crippen MR) is 73.2 cm³/mol. The van der Waals surface area contributed by atoms with Crippen LogP contribution in [0.2, 0.25) is 0 Å². The van der Waals surface area contributed by atoms with Crippen molar-refractivity contribution < 1.29 is 17.9 Å². The van der Waals surface area contributed by atoms with E-state index < -0.39 is 11.2 Å². The van der Waals surface area contributed by atoms with Crippen LogP contribution in [0.1, 0.15) is 30.3 Å². The van der Waals surface area contributed by atoms with Crippen molar-refractivity contribution in [3.8, 4) is 10.9 Å². The van der Waals surface area contributed by atoms with Crippen molar-refractivity contribution >= 4 is 27.3 Å². The molecule has 0 saturated carbocycles. The fraction of sp³-hybridized carbons (Fsp3) is 0.333. The number of hydrogen-bond acceptors (Lipinski definition) is 4. The number of rotatable bonds is 3. The molecule has 0 N–H and O–H groups in total. The Bertz CT molecular complexity index is 613. The van der Waals surface area contributed by atoms with Gasteiger partial charge in [0.05, 0.1) is 0 Å². The van der Waals surface area contributed by atoms with Gasteiger partial charge in [0.15, 0.2) is 0 Å². The van der Waals surface area contributed by atoms with Crippen LogP contribution in [-0.2, 0) is 6.18 Å². The summed E-state index contributed by atoms with van der Waals surface area (Å²) in [5.74, 6) is 0.644. The highest BCUT2D eigenvalue weighted by atomic mass is 79.9. The summed E-state index contributed by atoms with van der Waals surface area (Å²) in [6.45, 7) is 3.94. The molecule has 20 heavy (non-hydrogen) atoms. The zero-order valence-corrected chi connectivity index (χ0v) is 12.9. The van der Waals surface area contributed by atoms with E-state index in [1.165, 1.54) is 0 Å². The van der Waals surface area contributed by atoms with Crippen LogP contribution < -0.4 is 4.74 Å². The highest BCUT2D eigenvalue weighted by molar-refractivity contribution is 9.10. The van der Waals surface area contributed by atoms with E-state index in [9.17, 15) is 13.2 Å². The number of halogens is 4. The Morgan fingerprint density at radius 1 is 1.25 bits per heavy atom. The first kappa shape index (κ1) is 15.2. The Labute approximate surface area is 125 Å². The van der Waals surface area contributed by atoms with Gasteiger partial charge in [-0.05, 0) is 29.7 Å². The summed E-state index contributed by atoms with van der Waals surface area (Å²) in [6, 6.07) is 5.31. The molecule has 0 bridgehead atoms. The molecule has 0 aliphatic carbocycles. The van der Waals surface area contributed by atoms with Gasteiger partial charge >= 0.3 is 6.18 Å². The van der Waals surface area contributed by atoms with Gasteiger partial charge in [-0.3, -0.25) is 0 Å². The van der Waals surface area contributed by atoms with E-state index in [-0.39, 0.29) is 11.1 Å². The predicted octanol–water partition coefficient (Wildman–Crippen LogP) is 5.24. The third-order valence-corrected chi connectivity index (χ3v) is 3.78. The zero-order chi connectivity index (χ0) is 14.9.